The van der Waals surface area contributed by atoms with E-state index in [1.807, 2.05) is 18.2 Å². The molecule has 1 aromatic carbocycles. The van der Waals surface area contributed by atoms with Crippen LogP contribution >= 0.6 is 0 Å². The molecule has 25 heavy (non-hydrogen) atoms. The average Bonchev–Trinajstić information content (AvgIpc) is 3.05. The van der Waals surface area contributed by atoms with Gasteiger partial charge in [-0.15, -0.1) is 0 Å². The van der Waals surface area contributed by atoms with Crippen LogP contribution in [0.2, 0.25) is 0 Å². The molecule has 1 atom stereocenters. The van der Waals surface area contributed by atoms with Crippen LogP contribution < -0.4 is 10.1 Å². The number of amides is 1. The number of likely N-dealkylation sites (tertiary alicyclic amines) is 2. The van der Waals surface area contributed by atoms with Crippen LogP contribution in [0.15, 0.2) is 18.2 Å². The van der Waals surface area contributed by atoms with Crippen molar-refractivity contribution >= 4 is 5.91 Å². The minimum absolute atomic E-state index is 0.0199. The lowest BCUT2D eigenvalue weighted by Crippen LogP contribution is -2.45. The Kier molecular flexibility index (Phi) is 5.97. The Morgan fingerprint density at radius 3 is 2.64 bits per heavy atom. The van der Waals surface area contributed by atoms with E-state index in [0.717, 1.165) is 25.3 Å². The molecule has 1 unspecified atom stereocenters. The van der Waals surface area contributed by atoms with Crippen LogP contribution in [0.4, 0.5) is 0 Å². The van der Waals surface area contributed by atoms with Crippen molar-refractivity contribution in [3.63, 3.8) is 0 Å². The minimum Gasteiger partial charge on any atom is -0.484 e. The first-order valence-corrected chi connectivity index (χ1v) is 9.43. The second-order valence-corrected chi connectivity index (χ2v) is 7.62. The highest BCUT2D eigenvalue weighted by molar-refractivity contribution is 5.77. The summed E-state index contributed by atoms with van der Waals surface area (Å²) in [4.78, 5) is 17.1. The van der Waals surface area contributed by atoms with Crippen molar-refractivity contribution in [2.24, 2.45) is 0 Å². The molecule has 2 aliphatic heterocycles. The third-order valence-electron chi connectivity index (χ3n) is 5.64. The summed E-state index contributed by atoms with van der Waals surface area (Å²) in [6, 6.07) is 6.88. The molecule has 0 bridgehead atoms. The van der Waals surface area contributed by atoms with Crippen molar-refractivity contribution in [2.75, 3.05) is 39.8 Å². The molecular formula is C20H31N3O2. The third-order valence-corrected chi connectivity index (χ3v) is 5.64. The van der Waals surface area contributed by atoms with Gasteiger partial charge >= 0.3 is 0 Å². The second-order valence-electron chi connectivity index (χ2n) is 7.62. The molecule has 0 aliphatic carbocycles. The summed E-state index contributed by atoms with van der Waals surface area (Å²) < 4.78 is 5.64. The number of piperidine rings is 1. The number of aryl methyl sites for hydroxylation is 2. The Labute approximate surface area is 151 Å². The molecule has 1 aromatic rings. The molecule has 5 nitrogen and oxygen atoms in total. The Hall–Kier alpha value is -1.59. The molecule has 0 spiro atoms. The maximum atomic E-state index is 12.2. The van der Waals surface area contributed by atoms with Gasteiger partial charge in [0.15, 0.2) is 6.61 Å². The number of hydrogen-bond acceptors (Lipinski definition) is 4. The molecule has 2 fully saturated rings. The molecule has 0 aromatic heterocycles. The molecule has 5 heteroatoms. The van der Waals surface area contributed by atoms with Gasteiger partial charge in [0.05, 0.1) is 0 Å². The lowest BCUT2D eigenvalue weighted by atomic mass is 10.0. The van der Waals surface area contributed by atoms with Gasteiger partial charge in [-0.3, -0.25) is 9.69 Å². The van der Waals surface area contributed by atoms with Gasteiger partial charge in [0, 0.05) is 25.2 Å². The van der Waals surface area contributed by atoms with Crippen LogP contribution in [-0.2, 0) is 4.79 Å². The molecule has 1 amide bonds. The number of carbonyl (C=O) groups excluding carboxylic acids is 1. The van der Waals surface area contributed by atoms with Crippen LogP contribution in [0, 0.1) is 13.8 Å². The number of nitrogens with one attached hydrogen (secondary N) is 1. The highest BCUT2D eigenvalue weighted by Crippen LogP contribution is 2.21. The monoisotopic (exact) mass is 345 g/mol. The zero-order valence-corrected chi connectivity index (χ0v) is 15.8. The zero-order chi connectivity index (χ0) is 17.8. The van der Waals surface area contributed by atoms with Gasteiger partial charge in [0.25, 0.3) is 5.91 Å². The van der Waals surface area contributed by atoms with E-state index < -0.39 is 0 Å². The molecule has 0 saturated carbocycles. The number of hydrogen-bond donors (Lipinski definition) is 1. The lowest BCUT2D eigenvalue weighted by molar-refractivity contribution is -0.123. The number of rotatable bonds is 5. The first kappa shape index (κ1) is 18.2. The standard InChI is InChI=1S/C20H31N3O2/c1-15-4-5-19(12-16(15)2)25-14-20(24)21-17-6-11-23(13-17)18-7-9-22(3)10-8-18/h4-5,12,17-18H,6-11,13-14H2,1-3H3,(H,21,24). The van der Waals surface area contributed by atoms with Gasteiger partial charge < -0.3 is 15.0 Å². The third kappa shape index (κ3) is 4.95. The summed E-state index contributed by atoms with van der Waals surface area (Å²) in [5.41, 5.74) is 2.42. The first-order valence-electron chi connectivity index (χ1n) is 9.43. The smallest absolute Gasteiger partial charge is 0.258 e. The molecule has 1 N–H and O–H groups in total. The summed E-state index contributed by atoms with van der Waals surface area (Å²) >= 11 is 0. The Balaban J connectivity index is 1.40. The van der Waals surface area contributed by atoms with Crippen LogP contribution in [0.5, 0.6) is 5.75 Å². The molecular weight excluding hydrogens is 314 g/mol. The molecule has 138 valence electrons. The number of ether oxygens (including phenoxy) is 1. The summed E-state index contributed by atoms with van der Waals surface area (Å²) in [6.07, 6.45) is 3.53. The average molecular weight is 345 g/mol. The van der Waals surface area contributed by atoms with Crippen LogP contribution in [0.25, 0.3) is 0 Å². The summed E-state index contributed by atoms with van der Waals surface area (Å²) in [5, 5.41) is 3.14. The maximum Gasteiger partial charge on any atom is 0.258 e. The van der Waals surface area contributed by atoms with Gasteiger partial charge in [-0.25, -0.2) is 0 Å². The zero-order valence-electron chi connectivity index (χ0n) is 15.8. The molecule has 2 heterocycles. The van der Waals surface area contributed by atoms with Crippen LogP contribution in [0.1, 0.15) is 30.4 Å². The van der Waals surface area contributed by atoms with Crippen LogP contribution in [0.3, 0.4) is 0 Å². The SMILES string of the molecule is Cc1ccc(OCC(=O)NC2CCN(C3CCN(C)CC3)C2)cc1C. The second kappa shape index (κ2) is 8.19. The predicted molar refractivity (Wildman–Crippen MR) is 100 cm³/mol. The summed E-state index contributed by atoms with van der Waals surface area (Å²) in [7, 11) is 2.19. The number of carbonyl (C=O) groups is 1. The number of benzene rings is 1. The van der Waals surface area contributed by atoms with Crippen molar-refractivity contribution < 1.29 is 9.53 Å². The van der Waals surface area contributed by atoms with E-state index in [2.05, 4.69) is 36.0 Å². The largest absolute Gasteiger partial charge is 0.484 e. The van der Waals surface area contributed by atoms with Gasteiger partial charge in [-0.1, -0.05) is 6.07 Å². The van der Waals surface area contributed by atoms with E-state index >= 15 is 0 Å². The normalized spacial score (nSPS) is 22.9. The molecule has 3 rings (SSSR count). The Bertz CT molecular complexity index is 597. The fourth-order valence-electron chi connectivity index (χ4n) is 3.82. The predicted octanol–water partition coefficient (Wildman–Crippen LogP) is 1.97. The van der Waals surface area contributed by atoms with E-state index in [0.29, 0.717) is 6.04 Å². The van der Waals surface area contributed by atoms with Crippen molar-refractivity contribution in [2.45, 2.75) is 45.2 Å². The van der Waals surface area contributed by atoms with Crippen molar-refractivity contribution in [1.29, 1.82) is 0 Å². The maximum absolute atomic E-state index is 12.2. The molecule has 2 saturated heterocycles. The van der Waals surface area contributed by atoms with Gasteiger partial charge in [-0.05, 0) is 76.5 Å². The van der Waals surface area contributed by atoms with Crippen molar-refractivity contribution in [3.8, 4) is 5.75 Å². The summed E-state index contributed by atoms with van der Waals surface area (Å²) in [5.74, 6) is 0.742. The van der Waals surface area contributed by atoms with E-state index in [1.54, 1.807) is 0 Å². The highest BCUT2D eigenvalue weighted by Gasteiger charge is 2.30. The van der Waals surface area contributed by atoms with Gasteiger partial charge in [0.1, 0.15) is 5.75 Å². The summed E-state index contributed by atoms with van der Waals surface area (Å²) in [6.45, 7) is 8.65. The fraction of sp³-hybridized carbons (Fsp3) is 0.650. The minimum atomic E-state index is -0.0199. The van der Waals surface area contributed by atoms with Gasteiger partial charge in [0.2, 0.25) is 0 Å². The topological polar surface area (TPSA) is 44.8 Å². The van der Waals surface area contributed by atoms with Crippen molar-refractivity contribution in [1.82, 2.24) is 15.1 Å². The van der Waals surface area contributed by atoms with E-state index in [9.17, 15) is 4.79 Å². The van der Waals surface area contributed by atoms with E-state index in [4.69, 9.17) is 4.74 Å². The fourth-order valence-corrected chi connectivity index (χ4v) is 3.82. The molecule has 2 aliphatic rings. The van der Waals surface area contributed by atoms with Gasteiger partial charge in [-0.2, -0.15) is 0 Å². The van der Waals surface area contributed by atoms with E-state index in [-0.39, 0.29) is 18.6 Å². The first-order chi connectivity index (χ1) is 12.0. The lowest BCUT2D eigenvalue weighted by Gasteiger charge is -2.35. The Morgan fingerprint density at radius 2 is 1.92 bits per heavy atom. The Morgan fingerprint density at radius 1 is 1.16 bits per heavy atom. The van der Waals surface area contributed by atoms with Crippen molar-refractivity contribution in [3.05, 3.63) is 29.3 Å². The van der Waals surface area contributed by atoms with E-state index in [1.165, 1.54) is 37.1 Å². The molecule has 0 radical (unpaired) electrons. The van der Waals surface area contributed by atoms with Crippen LogP contribution in [-0.4, -0.2) is 67.6 Å². The number of nitrogens with zero attached hydrogens (tertiary/aromatic N) is 2. The highest BCUT2D eigenvalue weighted by atomic mass is 16.5. The quantitative estimate of drug-likeness (QED) is 0.886.